The van der Waals surface area contributed by atoms with Gasteiger partial charge in [0.1, 0.15) is 0 Å². The zero-order chi connectivity index (χ0) is 76.6. The van der Waals surface area contributed by atoms with Crippen LogP contribution in [0.1, 0.15) is 0 Å². The average molecular weight is 1480 g/mol. The molecule has 23 aromatic rings. The molecule has 6 aromatic heterocycles. The molecule has 0 spiro atoms. The maximum atomic E-state index is 5.25. The molecule has 6 heterocycles. The van der Waals surface area contributed by atoms with Gasteiger partial charge in [0.15, 0.2) is 11.6 Å². The second-order valence-corrected chi connectivity index (χ2v) is 29.5. The van der Waals surface area contributed by atoms with Gasteiger partial charge in [-0.1, -0.05) is 315 Å². The molecule has 116 heavy (non-hydrogen) atoms. The molecule has 17 aromatic carbocycles. The van der Waals surface area contributed by atoms with Crippen LogP contribution >= 0.6 is 0 Å². The second-order valence-electron chi connectivity index (χ2n) is 29.5. The monoisotopic (exact) mass is 1480 g/mol. The van der Waals surface area contributed by atoms with Crippen molar-refractivity contribution in [2.45, 2.75) is 0 Å². The molecule has 0 N–H and O–H groups in total. The molecule has 0 atom stereocenters. The van der Waals surface area contributed by atoms with Crippen LogP contribution in [0.2, 0.25) is 0 Å². The third-order valence-corrected chi connectivity index (χ3v) is 22.9. The lowest BCUT2D eigenvalue weighted by Gasteiger charge is -2.13. The maximum absolute atomic E-state index is 5.25. The molecule has 8 heteroatoms. The fourth-order valence-corrected chi connectivity index (χ4v) is 17.7. The molecular formula is C108H70N8. The Morgan fingerprint density at radius 2 is 0.509 bits per heavy atom. The number of hydrogen-bond donors (Lipinski definition) is 0. The summed E-state index contributed by atoms with van der Waals surface area (Å²) < 4.78 is 9.59. The van der Waals surface area contributed by atoms with Crippen LogP contribution in [0.25, 0.3) is 210 Å². The van der Waals surface area contributed by atoms with E-state index in [2.05, 4.69) is 394 Å². The number of nitrogens with zero attached hydrogens (tertiary/aromatic N) is 8. The summed E-state index contributed by atoms with van der Waals surface area (Å²) in [5, 5.41) is 14.1. The fraction of sp³-hybridized carbons (Fsp3) is 0. The van der Waals surface area contributed by atoms with Crippen molar-refractivity contribution in [2.24, 2.45) is 0 Å². The van der Waals surface area contributed by atoms with Crippen LogP contribution in [0.15, 0.2) is 425 Å². The van der Waals surface area contributed by atoms with E-state index in [-0.39, 0.29) is 0 Å². The highest BCUT2D eigenvalue weighted by Crippen LogP contribution is 2.46. The van der Waals surface area contributed by atoms with Crippen LogP contribution in [0.4, 0.5) is 0 Å². The predicted octanol–water partition coefficient (Wildman–Crippen LogP) is 27.9. The summed E-state index contributed by atoms with van der Waals surface area (Å²) in [6.45, 7) is 0. The highest BCUT2D eigenvalue weighted by Gasteiger charge is 2.24. The number of hydrogen-bond acceptors (Lipinski definition) is 4. The number of rotatable bonds is 10. The van der Waals surface area contributed by atoms with E-state index >= 15 is 0 Å². The van der Waals surface area contributed by atoms with Crippen LogP contribution in [0.3, 0.4) is 0 Å². The van der Waals surface area contributed by atoms with Gasteiger partial charge < -0.3 is 18.3 Å². The standard InChI is InChI=1S/C54H34N4.C54H36N4/c1-4-16-35(17-5-1)52-45-32-30-37-34-39(31-33-40(37)53(45)56-54(55-52)36-18-6-2-7-19-36)58-47-27-13-11-23-44(47)51-42(25-15-29-49(51)58)41-24-14-28-48-50(41)43-22-10-12-26-46(43)57(48)38-20-8-3-9-21-38;1-4-17-37(18-5-1)53-47-27-16-24-42(23-10-13-28-48(47)55-54(56-53)38-19-6-2-7-20-38)58-50-30-15-12-26-44(50)46-34-32-40(36-52(46)58)39-31-33-45-43-25-11-14-29-49(43)57(51(45)35-39)41-21-8-3-9-22-41/h1-34H;1-36H. The van der Waals surface area contributed by atoms with Gasteiger partial charge in [0.05, 0.1) is 66.6 Å². The summed E-state index contributed by atoms with van der Waals surface area (Å²) >= 11 is 0. The minimum atomic E-state index is 0.704. The van der Waals surface area contributed by atoms with Crippen molar-refractivity contribution in [1.29, 1.82) is 0 Å². The van der Waals surface area contributed by atoms with Crippen LogP contribution in [0, 0.1) is 0 Å². The molecule has 0 aliphatic rings. The number of aromatic nitrogens is 8. The molecule has 0 amide bonds. The first-order valence-corrected chi connectivity index (χ1v) is 39.4. The zero-order valence-electron chi connectivity index (χ0n) is 63.0. The normalized spacial score (nSPS) is 11.6. The molecular weight excluding hydrogens is 1410 g/mol. The van der Waals surface area contributed by atoms with E-state index in [0.717, 1.165) is 111 Å². The van der Waals surface area contributed by atoms with Gasteiger partial charge in [0.25, 0.3) is 0 Å². The topological polar surface area (TPSA) is 71.3 Å². The lowest BCUT2D eigenvalue weighted by molar-refractivity contribution is 1.18. The van der Waals surface area contributed by atoms with E-state index < -0.39 is 0 Å². The number of para-hydroxylation sites is 6. The molecule has 0 aliphatic heterocycles. The SMILES string of the molecule is c1ccc(-c2nc(-c3ccccc3)c3ccc4cc(-n5c6ccccc6c6c(-c7cccc8c7c7ccccc7n8-c7ccccc7)cccc65)ccc4c3n2)cc1.c1ccc(-c2nc(-c3ccccc3)c3cccc(-n4c5ccccc5c5ccc(-c6ccc7c8ccccc8n(-c8ccccc8)c7c6)cc54)ccccc3n2)cc1. The summed E-state index contributed by atoms with van der Waals surface area (Å²) in [5.41, 5.74) is 26.4. The quantitative estimate of drug-likeness (QED) is 0.128. The van der Waals surface area contributed by atoms with Gasteiger partial charge in [-0.25, -0.2) is 19.9 Å². The molecule has 0 aliphatic carbocycles. The van der Waals surface area contributed by atoms with Crippen molar-refractivity contribution in [3.05, 3.63) is 425 Å². The van der Waals surface area contributed by atoms with Gasteiger partial charge in [-0.2, -0.15) is 0 Å². The minimum Gasteiger partial charge on any atom is -0.309 e. The number of fused-ring (bicyclic) bond motifs is 16. The van der Waals surface area contributed by atoms with E-state index in [1.165, 1.54) is 92.9 Å². The summed E-state index contributed by atoms with van der Waals surface area (Å²) in [5.74, 6) is 1.43. The average Bonchev–Trinajstić information content (AvgIpc) is 1.55. The van der Waals surface area contributed by atoms with Gasteiger partial charge in [-0.15, -0.1) is 0 Å². The van der Waals surface area contributed by atoms with Crippen molar-refractivity contribution in [2.75, 3.05) is 0 Å². The van der Waals surface area contributed by atoms with E-state index in [1.54, 1.807) is 0 Å². The predicted molar refractivity (Wildman–Crippen MR) is 484 cm³/mol. The molecule has 0 radical (unpaired) electrons. The van der Waals surface area contributed by atoms with E-state index in [0.29, 0.717) is 5.82 Å². The molecule has 8 nitrogen and oxygen atoms in total. The lowest BCUT2D eigenvalue weighted by Crippen LogP contribution is -1.97. The Morgan fingerprint density at radius 3 is 1.01 bits per heavy atom. The minimum absolute atomic E-state index is 0.704. The van der Waals surface area contributed by atoms with Crippen LogP contribution in [0.5, 0.6) is 0 Å². The Kier molecular flexibility index (Phi) is 16.4. The first kappa shape index (κ1) is 67.3. The first-order chi connectivity index (χ1) is 57.6. The molecule has 542 valence electrons. The van der Waals surface area contributed by atoms with Crippen molar-refractivity contribution in [1.82, 2.24) is 38.2 Å². The van der Waals surface area contributed by atoms with Gasteiger partial charge in [-0.05, 0) is 137 Å². The van der Waals surface area contributed by atoms with Crippen molar-refractivity contribution >= 4 is 120 Å². The van der Waals surface area contributed by atoms with Crippen LogP contribution < -0.4 is 0 Å². The molecule has 0 fully saturated rings. The molecule has 0 unspecified atom stereocenters. The van der Waals surface area contributed by atoms with Crippen molar-refractivity contribution < 1.29 is 0 Å². The highest BCUT2D eigenvalue weighted by molar-refractivity contribution is 6.23. The maximum Gasteiger partial charge on any atom is 0.160 e. The van der Waals surface area contributed by atoms with Gasteiger partial charge in [0.2, 0.25) is 0 Å². The van der Waals surface area contributed by atoms with Gasteiger partial charge >= 0.3 is 0 Å². The van der Waals surface area contributed by atoms with Crippen LogP contribution in [-0.2, 0) is 0 Å². The Bertz CT molecular complexity index is 7860. The molecule has 0 bridgehead atoms. The molecule has 23 rings (SSSR count). The Balaban J connectivity index is 0.000000141. The zero-order valence-corrected chi connectivity index (χ0v) is 63.0. The van der Waals surface area contributed by atoms with Crippen molar-refractivity contribution in [3.8, 4) is 90.3 Å². The van der Waals surface area contributed by atoms with E-state index in [9.17, 15) is 0 Å². The van der Waals surface area contributed by atoms with E-state index in [4.69, 9.17) is 19.9 Å². The second kappa shape index (κ2) is 28.3. The fourth-order valence-electron chi connectivity index (χ4n) is 17.7. The Morgan fingerprint density at radius 1 is 0.172 bits per heavy atom. The molecule has 0 saturated heterocycles. The lowest BCUT2D eigenvalue weighted by atomic mass is 9.95. The third kappa shape index (κ3) is 11.4. The van der Waals surface area contributed by atoms with Gasteiger partial charge in [0, 0.05) is 104 Å². The Labute approximate surface area is 668 Å². The molecule has 0 saturated carbocycles. The number of benzene rings is 16. The third-order valence-electron chi connectivity index (χ3n) is 22.9. The summed E-state index contributed by atoms with van der Waals surface area (Å²) in [7, 11) is 0. The Hall–Kier alpha value is -15.6. The largest absolute Gasteiger partial charge is 0.309 e. The summed E-state index contributed by atoms with van der Waals surface area (Å²) in [4.78, 5) is 20.6. The summed E-state index contributed by atoms with van der Waals surface area (Å²) in [6, 6.07) is 151. The highest BCUT2D eigenvalue weighted by atomic mass is 15.0. The first-order valence-electron chi connectivity index (χ1n) is 39.4. The summed E-state index contributed by atoms with van der Waals surface area (Å²) in [6.07, 6.45) is 0. The van der Waals surface area contributed by atoms with E-state index in [1.807, 2.05) is 48.5 Å². The smallest absolute Gasteiger partial charge is 0.160 e. The van der Waals surface area contributed by atoms with Crippen LogP contribution in [-0.4, -0.2) is 38.2 Å². The van der Waals surface area contributed by atoms with Gasteiger partial charge in [-0.3, -0.25) is 0 Å². The van der Waals surface area contributed by atoms with Crippen molar-refractivity contribution in [3.63, 3.8) is 0 Å².